The van der Waals surface area contributed by atoms with Gasteiger partial charge in [-0.05, 0) is 122 Å². The Bertz CT molecular complexity index is 2450. The first kappa shape index (κ1) is 59.6. The monoisotopic (exact) mass is 1050 g/mol. The molecule has 2 amide bonds. The topological polar surface area (TPSA) is 250 Å². The standard InChI is InChI=1S/C22H27N3O4.C20H20N4O4.C2H2BrN.CH2Cl2.2CH3F/c1-21(2,3)28-19(26)18(25-20(27)29-22(4,5)6)12-14-7-10-17-15(11-14)8-9-16(13-23)24-17;1-20(2,3)28-19(26)24-17(18(25)27-9-8-21)11-13-4-7-16-14(10-13)5-6-15(12-22)23-16;3-1-2-4;2-1-3;2*1-2/h7-11,18H,12H2,1-6H3,(H,25,27);4-7,10,17H,9,11H2,1-3H3,(H,24,26);1H2;1H2;2*1H3/t18-;17-;;;;/m00..../s1/i;;;;2*1D. The molecule has 0 unspecified atom stereocenters. The summed E-state index contributed by atoms with van der Waals surface area (Å²) in [5, 5.41) is 41.5. The van der Waals surface area contributed by atoms with Crippen LogP contribution < -0.4 is 10.6 Å². The fraction of sp³-hybridized carbons (Fsp3) is 0.447. The maximum atomic E-state index is 12.7. The van der Waals surface area contributed by atoms with Gasteiger partial charge in [0.1, 0.15) is 58.5 Å². The number of rotatable bonds is 9. The lowest BCUT2D eigenvalue weighted by molar-refractivity contribution is -0.157. The molecule has 2 heterocycles. The van der Waals surface area contributed by atoms with Crippen molar-refractivity contribution in [2.75, 3.05) is 31.6 Å². The number of benzene rings is 2. The third-order valence-electron chi connectivity index (χ3n) is 7.31. The number of pyridine rings is 2. The van der Waals surface area contributed by atoms with Crippen molar-refractivity contribution in [1.29, 1.82) is 21.0 Å². The Labute approximate surface area is 417 Å². The van der Waals surface area contributed by atoms with Crippen LogP contribution in [0.3, 0.4) is 0 Å². The van der Waals surface area contributed by atoms with Crippen LogP contribution in [0.5, 0.6) is 0 Å². The lowest BCUT2D eigenvalue weighted by atomic mass is 10.0. The van der Waals surface area contributed by atoms with E-state index in [0.717, 1.165) is 21.9 Å². The molecule has 21 heteroatoms. The van der Waals surface area contributed by atoms with Crippen LogP contribution in [0.4, 0.5) is 18.4 Å². The molecule has 0 aliphatic rings. The molecule has 368 valence electrons. The van der Waals surface area contributed by atoms with E-state index in [1.54, 1.807) is 111 Å². The van der Waals surface area contributed by atoms with Crippen molar-refractivity contribution in [2.24, 2.45) is 0 Å². The van der Waals surface area contributed by atoms with E-state index in [1.165, 1.54) is 0 Å². The van der Waals surface area contributed by atoms with Crippen molar-refractivity contribution >= 4 is 85.1 Å². The molecule has 4 aromatic rings. The highest BCUT2D eigenvalue weighted by Crippen LogP contribution is 2.19. The summed E-state index contributed by atoms with van der Waals surface area (Å²) in [4.78, 5) is 57.7. The number of alkyl halides is 5. The molecule has 2 atom stereocenters. The van der Waals surface area contributed by atoms with Crippen LogP contribution >= 0.6 is 39.1 Å². The van der Waals surface area contributed by atoms with Crippen LogP contribution in [0.15, 0.2) is 60.7 Å². The molecule has 0 fully saturated rings. The number of amides is 2. The van der Waals surface area contributed by atoms with Crippen LogP contribution in [-0.2, 0) is 41.4 Å². The minimum absolute atomic E-state index is 0.138. The van der Waals surface area contributed by atoms with E-state index < -0.39 is 73.9 Å². The van der Waals surface area contributed by atoms with Gasteiger partial charge in [-0.1, -0.05) is 28.1 Å². The number of carbonyl (C=O) groups excluding carboxylic acids is 4. The molecule has 16 nitrogen and oxygen atoms in total. The Hall–Kier alpha value is -6.38. The number of alkyl carbamates (subject to hydrolysis) is 2. The normalized spacial score (nSPS) is 11.4. The van der Waals surface area contributed by atoms with Gasteiger partial charge < -0.3 is 29.6 Å². The zero-order valence-corrected chi connectivity index (χ0v) is 42.3. The van der Waals surface area contributed by atoms with E-state index in [4.69, 9.17) is 65.9 Å². The second-order valence-electron chi connectivity index (χ2n) is 16.2. The number of hydrogen-bond acceptors (Lipinski definition) is 14. The van der Waals surface area contributed by atoms with Gasteiger partial charge in [-0.3, -0.25) is 8.78 Å². The minimum Gasteiger partial charge on any atom is -0.458 e. The molecule has 4 rings (SSSR count). The smallest absolute Gasteiger partial charge is 0.408 e. The molecule has 0 bridgehead atoms. The molecule has 0 aliphatic carbocycles. The van der Waals surface area contributed by atoms with Crippen molar-refractivity contribution in [1.82, 2.24) is 20.6 Å². The SMILES string of the molecule is CC(C)(C)OC(=O)N[C@@H](Cc1ccc2nc(C#N)ccc2c1)C(=O)OC(C)(C)C.CC(C)(C)OC(=O)N[C@@H](Cc1ccc2nc(C#N)ccc2c1)C(=O)OCC#N.ClCCl.N#CCBr.[2H]CF.[2H]CF. The van der Waals surface area contributed by atoms with Crippen molar-refractivity contribution in [2.45, 2.75) is 104 Å². The lowest BCUT2D eigenvalue weighted by Crippen LogP contribution is -2.47. The Balaban J connectivity index is 0. The summed E-state index contributed by atoms with van der Waals surface area (Å²) in [5.41, 5.74) is 1.44. The maximum Gasteiger partial charge on any atom is 0.408 e. The summed E-state index contributed by atoms with van der Waals surface area (Å²) in [7, 11) is -2.00. The van der Waals surface area contributed by atoms with Crippen molar-refractivity contribution in [3.05, 3.63) is 83.2 Å². The number of nitriles is 4. The molecule has 2 N–H and O–H groups in total. The number of esters is 2. The number of aromatic nitrogens is 2. The van der Waals surface area contributed by atoms with Gasteiger partial charge in [-0.2, -0.15) is 21.0 Å². The zero-order chi connectivity index (χ0) is 54.1. The highest BCUT2D eigenvalue weighted by atomic mass is 79.9. The largest absolute Gasteiger partial charge is 0.458 e. The van der Waals surface area contributed by atoms with Crippen molar-refractivity contribution < 1.29 is 49.6 Å². The van der Waals surface area contributed by atoms with E-state index in [1.807, 2.05) is 36.4 Å². The first-order valence-corrected chi connectivity index (χ1v) is 22.0. The van der Waals surface area contributed by atoms with Gasteiger partial charge in [0.2, 0.25) is 0 Å². The Morgan fingerprint density at radius 2 is 1.01 bits per heavy atom. The summed E-state index contributed by atoms with van der Waals surface area (Å²) in [6.07, 6.45) is -1.08. The van der Waals surface area contributed by atoms with E-state index in [-0.39, 0.29) is 18.2 Å². The van der Waals surface area contributed by atoms with Crippen molar-refractivity contribution in [3.8, 4) is 24.3 Å². The molecular weight excluding hydrogens is 993 g/mol. The molecule has 0 saturated heterocycles. The van der Waals surface area contributed by atoms with Crippen LogP contribution in [0, 0.1) is 45.3 Å². The summed E-state index contributed by atoms with van der Waals surface area (Å²) >= 11 is 12.4. The number of nitrogens with one attached hydrogen (secondary N) is 2. The van der Waals surface area contributed by atoms with E-state index >= 15 is 0 Å². The van der Waals surface area contributed by atoms with Gasteiger partial charge >= 0.3 is 24.1 Å². The molecule has 0 spiro atoms. The number of fused-ring (bicyclic) bond motifs is 2. The quantitative estimate of drug-likeness (QED) is 0.0899. The van der Waals surface area contributed by atoms with Crippen LogP contribution in [0.25, 0.3) is 21.8 Å². The van der Waals surface area contributed by atoms with E-state index in [0.29, 0.717) is 27.8 Å². The number of halogens is 5. The number of nitrogens with zero attached hydrogens (tertiary/aromatic N) is 6. The third kappa shape index (κ3) is 27.9. The number of hydrogen-bond donors (Lipinski definition) is 2. The fourth-order valence-corrected chi connectivity index (χ4v) is 5.06. The average molecular weight is 1050 g/mol. The molecule has 0 radical (unpaired) electrons. The second-order valence-corrected chi connectivity index (χ2v) is 17.5. The van der Waals surface area contributed by atoms with Crippen molar-refractivity contribution in [3.63, 3.8) is 0 Å². The average Bonchev–Trinajstić information content (AvgIpc) is 3.26. The molecule has 68 heavy (non-hydrogen) atoms. The van der Waals surface area contributed by atoms with Gasteiger partial charge in [-0.25, -0.2) is 29.1 Å². The van der Waals surface area contributed by atoms with Gasteiger partial charge in [0.05, 0.1) is 44.8 Å². The van der Waals surface area contributed by atoms with Crippen LogP contribution in [0.1, 0.15) is 87.6 Å². The molecule has 2 aromatic carbocycles. The highest BCUT2D eigenvalue weighted by Gasteiger charge is 2.29. The van der Waals surface area contributed by atoms with Gasteiger partial charge in [-0.15, -0.1) is 23.2 Å². The van der Waals surface area contributed by atoms with E-state index in [9.17, 15) is 28.0 Å². The first-order chi connectivity index (χ1) is 32.7. The predicted octanol–water partition coefficient (Wildman–Crippen LogP) is 9.99. The highest BCUT2D eigenvalue weighted by molar-refractivity contribution is 9.09. The molecule has 0 saturated carbocycles. The fourth-order valence-electron chi connectivity index (χ4n) is 5.06. The Morgan fingerprint density at radius 1 is 0.662 bits per heavy atom. The van der Waals surface area contributed by atoms with Gasteiger partial charge in [0.25, 0.3) is 0 Å². The summed E-state index contributed by atoms with van der Waals surface area (Å²) in [5.74, 6) is -1.27. The number of ether oxygens (including phenoxy) is 4. The maximum absolute atomic E-state index is 12.7. The lowest BCUT2D eigenvalue weighted by Gasteiger charge is -2.26. The van der Waals surface area contributed by atoms with Crippen LogP contribution in [-0.4, -0.2) is 94.6 Å². The summed E-state index contributed by atoms with van der Waals surface area (Å²) in [6.45, 7) is 15.3. The number of carbonyl (C=O) groups is 4. The van der Waals surface area contributed by atoms with Gasteiger partial charge in [0.15, 0.2) is 6.61 Å². The first-order valence-electron chi connectivity index (χ1n) is 21.3. The second kappa shape index (κ2) is 33.2. The van der Waals surface area contributed by atoms with Gasteiger partial charge in [0, 0.05) is 23.6 Å². The zero-order valence-electron chi connectivity index (χ0n) is 41.2. The Kier molecular flexibility index (Phi) is 29.1. The Morgan fingerprint density at radius 3 is 1.32 bits per heavy atom. The van der Waals surface area contributed by atoms with E-state index in [2.05, 4.69) is 36.5 Å². The summed E-state index contributed by atoms with van der Waals surface area (Å²) < 4.78 is 51.8. The predicted molar refractivity (Wildman–Crippen MR) is 259 cm³/mol. The molecule has 2 aromatic heterocycles. The molecular formula is C47H57BrCl2F2N8O8. The minimum atomic E-state index is -1.02. The summed E-state index contributed by atoms with van der Waals surface area (Å²) in [6, 6.07) is 23.2. The third-order valence-corrected chi connectivity index (χ3v) is 7.56. The molecule has 0 aliphatic heterocycles. The van der Waals surface area contributed by atoms with Crippen LogP contribution in [0.2, 0.25) is 0 Å².